The lowest BCUT2D eigenvalue weighted by atomic mass is 9.93. The quantitative estimate of drug-likeness (QED) is 0.646. The summed E-state index contributed by atoms with van der Waals surface area (Å²) in [5.74, 6) is 6.85. The molecule has 0 bridgehead atoms. The molecule has 2 heteroatoms. The van der Waals surface area contributed by atoms with Crippen molar-refractivity contribution in [3.63, 3.8) is 0 Å². The second kappa shape index (κ2) is 8.89. The molecule has 25 heavy (non-hydrogen) atoms. The number of nitrogens with one attached hydrogen (secondary N) is 1. The molecule has 0 spiro atoms. The van der Waals surface area contributed by atoms with Crippen LogP contribution in [-0.2, 0) is 0 Å². The Morgan fingerprint density at radius 3 is 2.40 bits per heavy atom. The van der Waals surface area contributed by atoms with E-state index in [4.69, 9.17) is 0 Å². The average molecular weight is 329 g/mol. The van der Waals surface area contributed by atoms with Crippen LogP contribution in [0.15, 0.2) is 66.7 Å². The molecule has 1 aliphatic carbocycles. The van der Waals surface area contributed by atoms with Crippen molar-refractivity contribution >= 4 is 5.91 Å². The second-order valence-corrected chi connectivity index (χ2v) is 6.36. The van der Waals surface area contributed by atoms with Gasteiger partial charge in [-0.2, -0.15) is 0 Å². The molecule has 1 N–H and O–H groups in total. The minimum Gasteiger partial charge on any atom is -0.352 e. The number of allylic oxidation sites excluding steroid dienone is 2. The van der Waals surface area contributed by atoms with Crippen LogP contribution in [0, 0.1) is 17.8 Å². The first-order valence-corrected chi connectivity index (χ1v) is 8.93. The van der Waals surface area contributed by atoms with Crippen LogP contribution in [0.25, 0.3) is 0 Å². The molecular weight excluding hydrogens is 306 g/mol. The zero-order chi connectivity index (χ0) is 17.3. The molecule has 0 saturated carbocycles. The maximum absolute atomic E-state index is 12.2. The van der Waals surface area contributed by atoms with Gasteiger partial charge < -0.3 is 5.32 Å². The standard InChI is InChI=1S/C23H23NO/c25-23(24-18-17-20-9-5-2-6-10-20)22-15-13-21(14-16-22)12-11-19-7-3-1-4-8-19/h1,3-5,7-9,13-16,20H,2,6,10,17-18H2,(H,24,25). The lowest BCUT2D eigenvalue weighted by Gasteiger charge is -2.16. The fourth-order valence-electron chi connectivity index (χ4n) is 2.97. The van der Waals surface area contributed by atoms with E-state index in [0.29, 0.717) is 11.5 Å². The summed E-state index contributed by atoms with van der Waals surface area (Å²) in [6, 6.07) is 17.4. The number of rotatable bonds is 4. The molecule has 1 amide bonds. The molecule has 2 aromatic carbocycles. The predicted molar refractivity (Wildman–Crippen MR) is 102 cm³/mol. The molecule has 0 fully saturated rings. The first-order valence-electron chi connectivity index (χ1n) is 8.93. The van der Waals surface area contributed by atoms with Gasteiger partial charge in [0.05, 0.1) is 0 Å². The number of amides is 1. The van der Waals surface area contributed by atoms with E-state index in [1.807, 2.05) is 54.6 Å². The van der Waals surface area contributed by atoms with Crippen LogP contribution < -0.4 is 5.32 Å². The van der Waals surface area contributed by atoms with Crippen molar-refractivity contribution in [2.45, 2.75) is 25.7 Å². The second-order valence-electron chi connectivity index (χ2n) is 6.36. The molecule has 0 radical (unpaired) electrons. The minimum absolute atomic E-state index is 0.0117. The van der Waals surface area contributed by atoms with Gasteiger partial charge in [-0.3, -0.25) is 4.79 Å². The summed E-state index contributed by atoms with van der Waals surface area (Å²) in [4.78, 5) is 12.2. The van der Waals surface area contributed by atoms with Crippen molar-refractivity contribution in [2.24, 2.45) is 5.92 Å². The summed E-state index contributed by atoms with van der Waals surface area (Å²) in [6.07, 6.45) is 9.26. The van der Waals surface area contributed by atoms with Gasteiger partial charge in [0.1, 0.15) is 0 Å². The normalized spacial score (nSPS) is 15.9. The first kappa shape index (κ1) is 17.0. The fourth-order valence-corrected chi connectivity index (χ4v) is 2.97. The lowest BCUT2D eigenvalue weighted by Crippen LogP contribution is -2.25. The van der Waals surface area contributed by atoms with Gasteiger partial charge in [0.15, 0.2) is 0 Å². The van der Waals surface area contributed by atoms with Crippen LogP contribution >= 0.6 is 0 Å². The Balaban J connectivity index is 1.51. The molecular formula is C23H23NO. The highest BCUT2D eigenvalue weighted by molar-refractivity contribution is 5.94. The highest BCUT2D eigenvalue weighted by Crippen LogP contribution is 2.19. The number of carbonyl (C=O) groups excluding carboxylic acids is 1. The van der Waals surface area contributed by atoms with E-state index in [9.17, 15) is 4.79 Å². The van der Waals surface area contributed by atoms with E-state index in [-0.39, 0.29) is 5.91 Å². The van der Waals surface area contributed by atoms with E-state index in [2.05, 4.69) is 29.3 Å². The maximum Gasteiger partial charge on any atom is 0.251 e. The SMILES string of the molecule is O=C(NCCC1C=CCCC1)c1ccc(C#Cc2ccccc2)cc1. The number of hydrogen-bond donors (Lipinski definition) is 1. The molecule has 0 saturated heterocycles. The summed E-state index contributed by atoms with van der Waals surface area (Å²) in [7, 11) is 0. The third-order valence-electron chi connectivity index (χ3n) is 4.43. The van der Waals surface area contributed by atoms with Crippen LogP contribution in [0.3, 0.4) is 0 Å². The highest BCUT2D eigenvalue weighted by atomic mass is 16.1. The molecule has 1 unspecified atom stereocenters. The van der Waals surface area contributed by atoms with Gasteiger partial charge in [0, 0.05) is 23.2 Å². The minimum atomic E-state index is -0.0117. The van der Waals surface area contributed by atoms with Gasteiger partial charge in [-0.1, -0.05) is 42.2 Å². The zero-order valence-corrected chi connectivity index (χ0v) is 14.4. The first-order chi connectivity index (χ1) is 12.3. The Labute approximate surface area is 150 Å². The third kappa shape index (κ3) is 5.36. The summed E-state index contributed by atoms with van der Waals surface area (Å²) < 4.78 is 0. The van der Waals surface area contributed by atoms with Gasteiger partial charge >= 0.3 is 0 Å². The van der Waals surface area contributed by atoms with E-state index in [0.717, 1.165) is 24.1 Å². The summed E-state index contributed by atoms with van der Waals surface area (Å²) >= 11 is 0. The molecule has 1 atom stereocenters. The monoisotopic (exact) mass is 329 g/mol. The van der Waals surface area contributed by atoms with Crippen LogP contribution in [0.5, 0.6) is 0 Å². The summed E-state index contributed by atoms with van der Waals surface area (Å²) in [5.41, 5.74) is 2.58. The van der Waals surface area contributed by atoms with Gasteiger partial charge in [0.25, 0.3) is 5.91 Å². The van der Waals surface area contributed by atoms with Crippen LogP contribution in [0.1, 0.15) is 47.2 Å². The van der Waals surface area contributed by atoms with Gasteiger partial charge in [-0.25, -0.2) is 0 Å². The molecule has 0 aliphatic heterocycles. The number of hydrogen-bond acceptors (Lipinski definition) is 1. The summed E-state index contributed by atoms with van der Waals surface area (Å²) in [6.45, 7) is 0.726. The molecule has 2 aromatic rings. The average Bonchev–Trinajstić information content (AvgIpc) is 2.68. The van der Waals surface area contributed by atoms with Crippen molar-refractivity contribution in [3.05, 3.63) is 83.4 Å². The lowest BCUT2D eigenvalue weighted by molar-refractivity contribution is 0.0952. The maximum atomic E-state index is 12.2. The van der Waals surface area contributed by atoms with Crippen molar-refractivity contribution in [1.82, 2.24) is 5.32 Å². The van der Waals surface area contributed by atoms with Gasteiger partial charge in [-0.15, -0.1) is 0 Å². The van der Waals surface area contributed by atoms with Gasteiger partial charge in [-0.05, 0) is 68.0 Å². The molecule has 0 heterocycles. The Kier molecular flexibility index (Phi) is 6.06. The van der Waals surface area contributed by atoms with Crippen molar-refractivity contribution in [2.75, 3.05) is 6.54 Å². The Hall–Kier alpha value is -2.79. The molecule has 2 nitrogen and oxygen atoms in total. The number of carbonyl (C=O) groups is 1. The van der Waals surface area contributed by atoms with Gasteiger partial charge in [0.2, 0.25) is 0 Å². The Morgan fingerprint density at radius 2 is 1.72 bits per heavy atom. The van der Waals surface area contributed by atoms with Crippen molar-refractivity contribution in [3.8, 4) is 11.8 Å². The molecule has 3 rings (SSSR count). The smallest absolute Gasteiger partial charge is 0.251 e. The van der Waals surface area contributed by atoms with E-state index < -0.39 is 0 Å². The van der Waals surface area contributed by atoms with E-state index in [1.165, 1.54) is 19.3 Å². The van der Waals surface area contributed by atoms with Crippen molar-refractivity contribution < 1.29 is 4.79 Å². The fraction of sp³-hybridized carbons (Fsp3) is 0.261. The summed E-state index contributed by atoms with van der Waals surface area (Å²) in [5, 5.41) is 3.01. The zero-order valence-electron chi connectivity index (χ0n) is 14.4. The number of benzene rings is 2. The van der Waals surface area contributed by atoms with Crippen LogP contribution in [0.4, 0.5) is 0 Å². The topological polar surface area (TPSA) is 29.1 Å². The van der Waals surface area contributed by atoms with Crippen LogP contribution in [0.2, 0.25) is 0 Å². The van der Waals surface area contributed by atoms with E-state index in [1.54, 1.807) is 0 Å². The third-order valence-corrected chi connectivity index (χ3v) is 4.43. The largest absolute Gasteiger partial charge is 0.352 e. The highest BCUT2D eigenvalue weighted by Gasteiger charge is 2.09. The van der Waals surface area contributed by atoms with Crippen LogP contribution in [-0.4, -0.2) is 12.5 Å². The van der Waals surface area contributed by atoms with Crippen molar-refractivity contribution in [1.29, 1.82) is 0 Å². The Morgan fingerprint density at radius 1 is 1.00 bits per heavy atom. The Bertz CT molecular complexity index is 778. The molecule has 126 valence electrons. The molecule has 0 aromatic heterocycles. The van der Waals surface area contributed by atoms with E-state index >= 15 is 0 Å². The molecule has 1 aliphatic rings. The predicted octanol–water partition coefficient (Wildman–Crippen LogP) is 4.56.